The molecule has 0 fully saturated rings. The molecule has 4 nitrogen and oxygen atoms in total. The number of benzene rings is 1. The molecule has 0 bridgehead atoms. The Labute approximate surface area is 116 Å². The van der Waals surface area contributed by atoms with E-state index in [0.29, 0.717) is 12.2 Å². The van der Waals surface area contributed by atoms with Crippen LogP contribution in [0.4, 0.5) is 18.9 Å². The van der Waals surface area contributed by atoms with E-state index in [-0.39, 0.29) is 10.6 Å². The molecule has 0 aliphatic rings. The van der Waals surface area contributed by atoms with Crippen molar-refractivity contribution in [2.24, 2.45) is 0 Å². The fourth-order valence-electron chi connectivity index (χ4n) is 1.40. The normalized spacial score (nSPS) is 11.6. The molecule has 0 aromatic heterocycles. The molecule has 1 aromatic carbocycles. The predicted octanol–water partition coefficient (Wildman–Crippen LogP) is 1.67. The third-order valence-electron chi connectivity index (χ3n) is 2.15. The maximum Gasteiger partial charge on any atom is 0.417 e. The molecule has 0 radical (unpaired) electrons. The van der Waals surface area contributed by atoms with Crippen molar-refractivity contribution < 1.29 is 27.9 Å². The number of hydrogen-bond donors (Lipinski definition) is 1. The molecular formula is C12H9F3NO3S-. The van der Waals surface area contributed by atoms with Gasteiger partial charge in [-0.1, -0.05) is 6.07 Å². The number of rotatable bonds is 4. The van der Waals surface area contributed by atoms with Gasteiger partial charge in [0.2, 0.25) is 5.91 Å². The van der Waals surface area contributed by atoms with Crippen LogP contribution in [-0.2, 0) is 15.8 Å². The molecule has 108 valence electrons. The van der Waals surface area contributed by atoms with Crippen LogP contribution in [0.15, 0.2) is 35.2 Å². The minimum absolute atomic E-state index is 0.0414. The molecule has 1 rings (SSSR count). The van der Waals surface area contributed by atoms with E-state index in [0.717, 1.165) is 23.9 Å². The molecule has 0 aliphatic carbocycles. The quantitative estimate of drug-likeness (QED) is 0.678. The van der Waals surface area contributed by atoms with Crippen LogP contribution in [0.2, 0.25) is 0 Å². The van der Waals surface area contributed by atoms with Crippen LogP contribution in [0.5, 0.6) is 0 Å². The van der Waals surface area contributed by atoms with Gasteiger partial charge in [0.1, 0.15) is 0 Å². The Morgan fingerprint density at radius 2 is 1.95 bits per heavy atom. The molecule has 8 heteroatoms. The smallest absolute Gasteiger partial charge is 0.417 e. The number of alkyl halides is 3. The van der Waals surface area contributed by atoms with E-state index in [1.54, 1.807) is 0 Å². The standard InChI is InChI=1S/C12H10F3NO3S/c1-20-11-7(12(13,14)15)3-2-4-8(11)16-9(17)5-6-10(18)19/h2-6H,1H3,(H,16,17)(H,18,19)/p-1. The summed E-state index contributed by atoms with van der Waals surface area (Å²) in [6, 6.07) is 3.35. The van der Waals surface area contributed by atoms with Crippen molar-refractivity contribution in [1.82, 2.24) is 0 Å². The number of carbonyl (C=O) groups is 2. The number of carbonyl (C=O) groups excluding carboxylic acids is 2. The highest BCUT2D eigenvalue weighted by atomic mass is 32.2. The van der Waals surface area contributed by atoms with Crippen molar-refractivity contribution in [3.63, 3.8) is 0 Å². The zero-order valence-electron chi connectivity index (χ0n) is 10.2. The van der Waals surface area contributed by atoms with Crippen LogP contribution in [0.25, 0.3) is 0 Å². The maximum absolute atomic E-state index is 12.8. The van der Waals surface area contributed by atoms with Crippen LogP contribution in [0, 0.1) is 0 Å². The lowest BCUT2D eigenvalue weighted by molar-refractivity contribution is -0.297. The summed E-state index contributed by atoms with van der Waals surface area (Å²) >= 11 is 0.828. The highest BCUT2D eigenvalue weighted by molar-refractivity contribution is 7.98. The van der Waals surface area contributed by atoms with Crippen LogP contribution < -0.4 is 10.4 Å². The SMILES string of the molecule is CSc1c(NC(=O)C=CC(=O)[O-])cccc1C(F)(F)F. The van der Waals surface area contributed by atoms with Crippen molar-refractivity contribution >= 4 is 29.3 Å². The Hall–Kier alpha value is -1.96. The van der Waals surface area contributed by atoms with E-state index < -0.39 is 23.6 Å². The summed E-state index contributed by atoms with van der Waals surface area (Å²) < 4.78 is 38.3. The number of carboxylic acid groups (broad SMARTS) is 1. The summed E-state index contributed by atoms with van der Waals surface area (Å²) in [4.78, 5) is 21.4. The number of carboxylic acids is 1. The molecule has 0 saturated carbocycles. The molecule has 1 amide bonds. The first-order valence-electron chi connectivity index (χ1n) is 5.20. The summed E-state index contributed by atoms with van der Waals surface area (Å²) in [5.74, 6) is -2.43. The molecule has 0 saturated heterocycles. The van der Waals surface area contributed by atoms with Gasteiger partial charge in [-0.2, -0.15) is 13.2 Å². The van der Waals surface area contributed by atoms with Crippen LogP contribution in [-0.4, -0.2) is 18.1 Å². The Bertz CT molecular complexity index is 555. The average Bonchev–Trinajstić information content (AvgIpc) is 2.35. The van der Waals surface area contributed by atoms with Gasteiger partial charge in [0.15, 0.2) is 0 Å². The highest BCUT2D eigenvalue weighted by Crippen LogP contribution is 2.39. The van der Waals surface area contributed by atoms with E-state index in [4.69, 9.17) is 0 Å². The number of aliphatic carboxylic acids is 1. The third kappa shape index (κ3) is 4.30. The Balaban J connectivity index is 3.08. The first-order valence-corrected chi connectivity index (χ1v) is 6.42. The zero-order valence-corrected chi connectivity index (χ0v) is 11.0. The minimum atomic E-state index is -4.54. The molecule has 1 N–H and O–H groups in total. The topological polar surface area (TPSA) is 69.2 Å². The van der Waals surface area contributed by atoms with Gasteiger partial charge < -0.3 is 15.2 Å². The molecular weight excluding hydrogens is 295 g/mol. The van der Waals surface area contributed by atoms with Gasteiger partial charge in [-0.3, -0.25) is 4.79 Å². The number of hydrogen-bond acceptors (Lipinski definition) is 4. The monoisotopic (exact) mass is 304 g/mol. The van der Waals surface area contributed by atoms with Crippen LogP contribution >= 0.6 is 11.8 Å². The van der Waals surface area contributed by atoms with E-state index in [1.807, 2.05) is 0 Å². The lowest BCUT2D eigenvalue weighted by atomic mass is 10.2. The van der Waals surface area contributed by atoms with Gasteiger partial charge in [-0.25, -0.2) is 0 Å². The lowest BCUT2D eigenvalue weighted by Crippen LogP contribution is -2.20. The molecule has 0 heterocycles. The van der Waals surface area contributed by atoms with Crippen LogP contribution in [0.3, 0.4) is 0 Å². The maximum atomic E-state index is 12.8. The number of amides is 1. The van der Waals surface area contributed by atoms with E-state index >= 15 is 0 Å². The van der Waals surface area contributed by atoms with Crippen molar-refractivity contribution in [2.75, 3.05) is 11.6 Å². The first kappa shape index (κ1) is 16.1. The van der Waals surface area contributed by atoms with E-state index in [2.05, 4.69) is 5.32 Å². The first-order chi connectivity index (χ1) is 9.25. The summed E-state index contributed by atoms with van der Waals surface area (Å²) in [5, 5.41) is 12.3. The molecule has 0 unspecified atom stereocenters. The van der Waals surface area contributed by atoms with E-state index in [1.165, 1.54) is 12.3 Å². The zero-order chi connectivity index (χ0) is 15.3. The fourth-order valence-corrected chi connectivity index (χ4v) is 2.14. The highest BCUT2D eigenvalue weighted by Gasteiger charge is 2.34. The van der Waals surface area contributed by atoms with Crippen molar-refractivity contribution in [1.29, 1.82) is 0 Å². The molecule has 20 heavy (non-hydrogen) atoms. The van der Waals surface area contributed by atoms with Gasteiger partial charge >= 0.3 is 6.18 Å². The fraction of sp³-hybridized carbons (Fsp3) is 0.167. The molecule has 1 aromatic rings. The summed E-state index contributed by atoms with van der Waals surface area (Å²) in [6.45, 7) is 0. The van der Waals surface area contributed by atoms with Crippen molar-refractivity contribution in [2.45, 2.75) is 11.1 Å². The summed E-state index contributed by atoms with van der Waals surface area (Å²) in [5.41, 5.74) is -0.910. The van der Waals surface area contributed by atoms with Crippen molar-refractivity contribution in [3.05, 3.63) is 35.9 Å². The largest absolute Gasteiger partial charge is 0.545 e. The Kier molecular flexibility index (Phi) is 5.20. The van der Waals surface area contributed by atoms with Crippen LogP contribution in [0.1, 0.15) is 5.56 Å². The Morgan fingerprint density at radius 3 is 2.45 bits per heavy atom. The summed E-state index contributed by atoms with van der Waals surface area (Å²) in [7, 11) is 0. The molecule has 0 atom stereocenters. The average molecular weight is 304 g/mol. The third-order valence-corrected chi connectivity index (χ3v) is 3.00. The number of nitrogens with one attached hydrogen (secondary N) is 1. The van der Waals surface area contributed by atoms with Gasteiger partial charge in [-0.05, 0) is 24.5 Å². The Morgan fingerprint density at radius 1 is 1.30 bits per heavy atom. The predicted molar refractivity (Wildman–Crippen MR) is 66.0 cm³/mol. The van der Waals surface area contributed by atoms with Gasteiger partial charge in [-0.15, -0.1) is 11.8 Å². The minimum Gasteiger partial charge on any atom is -0.545 e. The van der Waals surface area contributed by atoms with Gasteiger partial charge in [0.05, 0.1) is 17.2 Å². The number of halogens is 3. The second-order valence-electron chi connectivity index (χ2n) is 3.53. The summed E-state index contributed by atoms with van der Waals surface area (Å²) in [6.07, 6.45) is -1.95. The second kappa shape index (κ2) is 6.47. The number of anilines is 1. The second-order valence-corrected chi connectivity index (χ2v) is 4.34. The molecule has 0 aliphatic heterocycles. The lowest BCUT2D eigenvalue weighted by Gasteiger charge is -2.15. The van der Waals surface area contributed by atoms with Gasteiger partial charge in [0, 0.05) is 11.0 Å². The van der Waals surface area contributed by atoms with E-state index in [9.17, 15) is 27.9 Å². The molecule has 0 spiro atoms. The van der Waals surface area contributed by atoms with Crippen molar-refractivity contribution in [3.8, 4) is 0 Å². The van der Waals surface area contributed by atoms with Gasteiger partial charge in [0.25, 0.3) is 0 Å². The number of thioether (sulfide) groups is 1.